The lowest BCUT2D eigenvalue weighted by atomic mass is 9.92. The van der Waals surface area contributed by atoms with Crippen molar-refractivity contribution in [2.75, 3.05) is 31.6 Å². The van der Waals surface area contributed by atoms with Crippen LogP contribution in [0.5, 0.6) is 0 Å². The Bertz CT molecular complexity index is 637. The maximum absolute atomic E-state index is 4.86. The Morgan fingerprint density at radius 3 is 2.78 bits per heavy atom. The fraction of sp³-hybridized carbons (Fsp3) is 0.450. The zero-order chi connectivity index (χ0) is 16.1. The van der Waals surface area contributed by atoms with E-state index in [1.165, 1.54) is 40.9 Å². The van der Waals surface area contributed by atoms with Crippen molar-refractivity contribution in [2.24, 2.45) is 0 Å². The van der Waals surface area contributed by atoms with Crippen molar-refractivity contribution in [1.82, 2.24) is 10.3 Å². The standard InChI is InChI=1S/C20H27N3/c1-3-18-17(14-16-8-5-4-6-9-16)15-22-20-19(18)10-7-12-23(20)13-11-21-2/h4-6,8-9,15,21H,3,7,10-14H2,1-2H3. The molecule has 23 heavy (non-hydrogen) atoms. The van der Waals surface area contributed by atoms with E-state index in [-0.39, 0.29) is 0 Å². The summed E-state index contributed by atoms with van der Waals surface area (Å²) in [5.41, 5.74) is 5.77. The Kier molecular flexibility index (Phi) is 5.29. The smallest absolute Gasteiger partial charge is 0.132 e. The van der Waals surface area contributed by atoms with Gasteiger partial charge in [-0.2, -0.15) is 0 Å². The minimum Gasteiger partial charge on any atom is -0.355 e. The van der Waals surface area contributed by atoms with Crippen molar-refractivity contribution in [3.05, 3.63) is 58.8 Å². The fourth-order valence-corrected chi connectivity index (χ4v) is 3.58. The number of hydrogen-bond donors (Lipinski definition) is 1. The molecule has 2 heterocycles. The van der Waals surface area contributed by atoms with Crippen LogP contribution in [0.3, 0.4) is 0 Å². The van der Waals surface area contributed by atoms with Gasteiger partial charge in [-0.25, -0.2) is 4.98 Å². The number of nitrogens with zero attached hydrogens (tertiary/aromatic N) is 2. The lowest BCUT2D eigenvalue weighted by Crippen LogP contribution is -2.36. The molecule has 3 nitrogen and oxygen atoms in total. The molecule has 3 rings (SSSR count). The molecule has 1 aliphatic rings. The highest BCUT2D eigenvalue weighted by atomic mass is 15.2. The maximum atomic E-state index is 4.86. The van der Waals surface area contributed by atoms with Crippen LogP contribution in [0.15, 0.2) is 36.5 Å². The summed E-state index contributed by atoms with van der Waals surface area (Å²) in [5.74, 6) is 1.22. The van der Waals surface area contributed by atoms with Gasteiger partial charge in [0.15, 0.2) is 0 Å². The minimum atomic E-state index is 0.987. The largest absolute Gasteiger partial charge is 0.355 e. The van der Waals surface area contributed by atoms with Gasteiger partial charge in [-0.1, -0.05) is 37.3 Å². The molecule has 1 aliphatic heterocycles. The van der Waals surface area contributed by atoms with Crippen molar-refractivity contribution < 1.29 is 0 Å². The van der Waals surface area contributed by atoms with Gasteiger partial charge in [0.1, 0.15) is 5.82 Å². The van der Waals surface area contributed by atoms with Crippen molar-refractivity contribution in [1.29, 1.82) is 0 Å². The SMILES string of the molecule is CCc1c(Cc2ccccc2)cnc2c1CCCN2CCNC. The van der Waals surface area contributed by atoms with Crippen LogP contribution in [0.2, 0.25) is 0 Å². The predicted octanol–water partition coefficient (Wildman–Crippen LogP) is 3.21. The monoisotopic (exact) mass is 309 g/mol. The third-order valence-electron chi connectivity index (χ3n) is 4.74. The first-order valence-corrected chi connectivity index (χ1v) is 8.76. The second-order valence-electron chi connectivity index (χ2n) is 6.27. The van der Waals surface area contributed by atoms with Crippen LogP contribution in [0.25, 0.3) is 0 Å². The molecule has 2 aromatic rings. The molecule has 0 saturated carbocycles. The van der Waals surface area contributed by atoms with Gasteiger partial charge < -0.3 is 10.2 Å². The number of fused-ring (bicyclic) bond motifs is 1. The van der Waals surface area contributed by atoms with Crippen LogP contribution in [0.1, 0.15) is 35.6 Å². The number of rotatable bonds is 6. The molecule has 0 saturated heterocycles. The van der Waals surface area contributed by atoms with E-state index >= 15 is 0 Å². The molecule has 1 N–H and O–H groups in total. The Morgan fingerprint density at radius 2 is 2.04 bits per heavy atom. The maximum Gasteiger partial charge on any atom is 0.132 e. The zero-order valence-corrected chi connectivity index (χ0v) is 14.3. The van der Waals surface area contributed by atoms with Gasteiger partial charge in [0.05, 0.1) is 0 Å². The van der Waals surface area contributed by atoms with Crippen LogP contribution in [0.4, 0.5) is 5.82 Å². The van der Waals surface area contributed by atoms with Crippen LogP contribution in [-0.4, -0.2) is 31.7 Å². The number of nitrogens with one attached hydrogen (secondary N) is 1. The van der Waals surface area contributed by atoms with E-state index < -0.39 is 0 Å². The van der Waals surface area contributed by atoms with Crippen molar-refractivity contribution in [3.8, 4) is 0 Å². The van der Waals surface area contributed by atoms with Crippen LogP contribution in [-0.2, 0) is 19.3 Å². The summed E-state index contributed by atoms with van der Waals surface area (Å²) in [6, 6.07) is 10.7. The first kappa shape index (κ1) is 16.0. The van der Waals surface area contributed by atoms with Crippen molar-refractivity contribution in [3.63, 3.8) is 0 Å². The number of likely N-dealkylation sites (N-methyl/N-ethyl adjacent to an activating group) is 1. The van der Waals surface area contributed by atoms with Gasteiger partial charge in [0.2, 0.25) is 0 Å². The number of pyridine rings is 1. The quantitative estimate of drug-likeness (QED) is 0.888. The minimum absolute atomic E-state index is 0.987. The molecule has 0 atom stereocenters. The molecule has 0 radical (unpaired) electrons. The highest BCUT2D eigenvalue weighted by Gasteiger charge is 2.22. The van der Waals surface area contributed by atoms with Gasteiger partial charge in [-0.15, -0.1) is 0 Å². The van der Waals surface area contributed by atoms with Crippen LogP contribution < -0.4 is 10.2 Å². The summed E-state index contributed by atoms with van der Waals surface area (Å²) >= 11 is 0. The first-order valence-electron chi connectivity index (χ1n) is 8.76. The number of benzene rings is 1. The molecule has 1 aromatic carbocycles. The van der Waals surface area contributed by atoms with E-state index in [9.17, 15) is 0 Å². The lowest BCUT2D eigenvalue weighted by Gasteiger charge is -2.32. The third-order valence-corrected chi connectivity index (χ3v) is 4.74. The Labute approximate surface area is 139 Å². The molecular weight excluding hydrogens is 282 g/mol. The van der Waals surface area contributed by atoms with E-state index in [4.69, 9.17) is 4.98 Å². The second kappa shape index (κ2) is 7.60. The van der Waals surface area contributed by atoms with E-state index in [0.717, 1.165) is 32.5 Å². The van der Waals surface area contributed by atoms with Gasteiger partial charge in [0, 0.05) is 25.8 Å². The van der Waals surface area contributed by atoms with Gasteiger partial charge >= 0.3 is 0 Å². The normalized spacial score (nSPS) is 13.9. The Morgan fingerprint density at radius 1 is 1.22 bits per heavy atom. The van der Waals surface area contributed by atoms with Crippen LogP contribution in [0, 0.1) is 0 Å². The Hall–Kier alpha value is -1.87. The second-order valence-corrected chi connectivity index (χ2v) is 6.27. The van der Waals surface area contributed by atoms with Crippen molar-refractivity contribution in [2.45, 2.75) is 32.6 Å². The molecular formula is C20H27N3. The zero-order valence-electron chi connectivity index (χ0n) is 14.3. The number of anilines is 1. The third kappa shape index (κ3) is 3.56. The molecule has 0 spiro atoms. The molecule has 0 bridgehead atoms. The van der Waals surface area contributed by atoms with E-state index in [1.807, 2.05) is 7.05 Å². The summed E-state index contributed by atoms with van der Waals surface area (Å²) < 4.78 is 0. The predicted molar refractivity (Wildman–Crippen MR) is 97.3 cm³/mol. The van der Waals surface area contributed by atoms with Gasteiger partial charge in [-0.05, 0) is 55.0 Å². The number of aromatic nitrogens is 1. The van der Waals surface area contributed by atoms with Crippen LogP contribution >= 0.6 is 0 Å². The molecule has 0 fully saturated rings. The highest BCUT2D eigenvalue weighted by Crippen LogP contribution is 2.30. The molecule has 3 heteroatoms. The van der Waals surface area contributed by atoms with E-state index in [2.05, 4.69) is 53.7 Å². The summed E-state index contributed by atoms with van der Waals surface area (Å²) in [4.78, 5) is 7.30. The molecule has 122 valence electrons. The van der Waals surface area contributed by atoms with Crippen molar-refractivity contribution >= 4 is 5.82 Å². The highest BCUT2D eigenvalue weighted by molar-refractivity contribution is 5.55. The Balaban J connectivity index is 1.91. The fourth-order valence-electron chi connectivity index (χ4n) is 3.58. The average molecular weight is 309 g/mol. The molecule has 1 aromatic heterocycles. The molecule has 0 amide bonds. The topological polar surface area (TPSA) is 28.2 Å². The summed E-state index contributed by atoms with van der Waals surface area (Å²) in [6.07, 6.45) is 6.60. The summed E-state index contributed by atoms with van der Waals surface area (Å²) in [6.45, 7) is 5.45. The summed E-state index contributed by atoms with van der Waals surface area (Å²) in [5, 5.41) is 3.25. The number of hydrogen-bond acceptors (Lipinski definition) is 3. The van der Waals surface area contributed by atoms with E-state index in [1.54, 1.807) is 0 Å². The lowest BCUT2D eigenvalue weighted by molar-refractivity contribution is 0.649. The average Bonchev–Trinajstić information content (AvgIpc) is 2.60. The van der Waals surface area contributed by atoms with Gasteiger partial charge in [0.25, 0.3) is 0 Å². The summed E-state index contributed by atoms with van der Waals surface area (Å²) in [7, 11) is 2.01. The molecule has 0 aliphatic carbocycles. The first-order chi connectivity index (χ1) is 11.3. The van der Waals surface area contributed by atoms with Gasteiger partial charge in [-0.3, -0.25) is 0 Å². The van der Waals surface area contributed by atoms with E-state index in [0.29, 0.717) is 0 Å². The molecule has 0 unspecified atom stereocenters.